The number of thioether (sulfide) groups is 1. The average molecular weight is 248 g/mol. The van der Waals surface area contributed by atoms with E-state index < -0.39 is 5.72 Å². The molecule has 1 saturated heterocycles. The molecule has 3 nitrogen and oxygen atoms in total. The van der Waals surface area contributed by atoms with Crippen molar-refractivity contribution in [3.05, 3.63) is 35.9 Å². The summed E-state index contributed by atoms with van der Waals surface area (Å²) < 4.78 is 0. The van der Waals surface area contributed by atoms with Crippen LogP contribution in [0.15, 0.2) is 35.3 Å². The summed E-state index contributed by atoms with van der Waals surface area (Å²) in [6, 6.07) is 10.7. The molecule has 2 aliphatic heterocycles. The van der Waals surface area contributed by atoms with Crippen LogP contribution in [0.5, 0.6) is 0 Å². The monoisotopic (exact) mass is 248 g/mol. The molecule has 2 heterocycles. The van der Waals surface area contributed by atoms with Gasteiger partial charge in [0.1, 0.15) is 0 Å². The van der Waals surface area contributed by atoms with Crippen LogP contribution >= 0.6 is 11.8 Å². The van der Waals surface area contributed by atoms with Gasteiger partial charge in [-0.15, -0.1) is 0 Å². The minimum absolute atomic E-state index is 0.258. The lowest BCUT2D eigenvalue weighted by atomic mass is 9.95. The van der Waals surface area contributed by atoms with Gasteiger partial charge in [0, 0.05) is 18.7 Å². The van der Waals surface area contributed by atoms with E-state index in [-0.39, 0.29) is 6.04 Å². The van der Waals surface area contributed by atoms with Crippen LogP contribution in [0.25, 0.3) is 0 Å². The van der Waals surface area contributed by atoms with Crippen LogP contribution in [0.3, 0.4) is 0 Å². The first-order valence-corrected chi connectivity index (χ1v) is 6.91. The number of fused-ring (bicyclic) bond motifs is 1. The molecule has 0 saturated carbocycles. The van der Waals surface area contributed by atoms with Crippen LogP contribution in [0.1, 0.15) is 24.9 Å². The maximum Gasteiger partial charge on any atom is 0.162 e. The van der Waals surface area contributed by atoms with E-state index in [2.05, 4.69) is 34.2 Å². The number of benzene rings is 1. The molecule has 0 aromatic heterocycles. The largest absolute Gasteiger partial charge is 0.369 e. The zero-order chi connectivity index (χ0) is 11.9. The highest BCUT2D eigenvalue weighted by molar-refractivity contribution is 8.14. The maximum atomic E-state index is 10.2. The average Bonchev–Trinajstić information content (AvgIpc) is 2.75. The van der Waals surface area contributed by atoms with Gasteiger partial charge in [0.2, 0.25) is 0 Å². The fourth-order valence-corrected chi connectivity index (χ4v) is 3.62. The van der Waals surface area contributed by atoms with Gasteiger partial charge in [-0.2, -0.15) is 0 Å². The van der Waals surface area contributed by atoms with Crippen molar-refractivity contribution in [2.24, 2.45) is 4.99 Å². The number of aliphatic imine (C=N–C) groups is 1. The second kappa shape index (κ2) is 4.03. The molecule has 17 heavy (non-hydrogen) atoms. The highest BCUT2D eigenvalue weighted by Gasteiger charge is 2.39. The Morgan fingerprint density at radius 2 is 2.18 bits per heavy atom. The van der Waals surface area contributed by atoms with Crippen molar-refractivity contribution < 1.29 is 5.11 Å². The molecule has 0 amide bonds. The Kier molecular flexibility index (Phi) is 2.64. The molecule has 2 unspecified atom stereocenters. The molecule has 0 bridgehead atoms. The topological polar surface area (TPSA) is 35.8 Å². The lowest BCUT2D eigenvalue weighted by molar-refractivity contribution is 0.0255. The van der Waals surface area contributed by atoms with E-state index in [9.17, 15) is 5.11 Å². The van der Waals surface area contributed by atoms with Gasteiger partial charge in [0.25, 0.3) is 0 Å². The van der Waals surface area contributed by atoms with Crippen molar-refractivity contribution in [3.8, 4) is 0 Å². The standard InChI is InChI=1S/C13H16N2OS/c1-13(16)9-11(10-5-3-2-4-6-10)15-7-8-17-12(15)14-13/h2-6,11,16H,7-9H2,1H3. The van der Waals surface area contributed by atoms with Crippen LogP contribution in [-0.2, 0) is 0 Å². The first kappa shape index (κ1) is 11.1. The first-order valence-electron chi connectivity index (χ1n) is 5.92. The van der Waals surface area contributed by atoms with Crippen molar-refractivity contribution in [2.75, 3.05) is 12.3 Å². The van der Waals surface area contributed by atoms with Gasteiger partial charge in [0.15, 0.2) is 10.9 Å². The first-order chi connectivity index (χ1) is 8.16. The van der Waals surface area contributed by atoms with Crippen molar-refractivity contribution >= 4 is 16.9 Å². The second-order valence-corrected chi connectivity index (χ2v) is 5.85. The van der Waals surface area contributed by atoms with Crippen molar-refractivity contribution in [1.82, 2.24) is 4.90 Å². The Hall–Kier alpha value is -1.00. The highest BCUT2D eigenvalue weighted by atomic mass is 32.2. The fourth-order valence-electron chi connectivity index (χ4n) is 2.50. The molecule has 2 aliphatic rings. The summed E-state index contributed by atoms with van der Waals surface area (Å²) in [4.78, 5) is 6.73. The molecular weight excluding hydrogens is 232 g/mol. The fraction of sp³-hybridized carbons (Fsp3) is 0.462. The smallest absolute Gasteiger partial charge is 0.162 e. The summed E-state index contributed by atoms with van der Waals surface area (Å²) in [5, 5.41) is 11.2. The molecule has 4 heteroatoms. The van der Waals surface area contributed by atoms with Gasteiger partial charge in [-0.1, -0.05) is 42.1 Å². The van der Waals surface area contributed by atoms with Gasteiger partial charge in [0.05, 0.1) is 6.04 Å². The normalized spacial score (nSPS) is 32.2. The predicted molar refractivity (Wildman–Crippen MR) is 71.0 cm³/mol. The van der Waals surface area contributed by atoms with Crippen molar-refractivity contribution in [3.63, 3.8) is 0 Å². The summed E-state index contributed by atoms with van der Waals surface area (Å²) in [6.45, 7) is 2.82. The number of amidine groups is 1. The zero-order valence-corrected chi connectivity index (χ0v) is 10.7. The zero-order valence-electron chi connectivity index (χ0n) is 9.84. The summed E-state index contributed by atoms with van der Waals surface area (Å²) in [5.41, 5.74) is 0.339. The summed E-state index contributed by atoms with van der Waals surface area (Å²) in [6.07, 6.45) is 0.668. The third kappa shape index (κ3) is 2.07. The lowest BCUT2D eigenvalue weighted by Gasteiger charge is -2.38. The second-order valence-electron chi connectivity index (χ2n) is 4.78. The Balaban J connectivity index is 1.98. The molecular formula is C13H16N2OS. The quantitative estimate of drug-likeness (QED) is 0.828. The Labute approximate surface area is 106 Å². The van der Waals surface area contributed by atoms with E-state index in [1.807, 2.05) is 6.07 Å². The molecule has 1 aromatic carbocycles. The van der Waals surface area contributed by atoms with Crippen LogP contribution in [-0.4, -0.2) is 33.2 Å². The van der Waals surface area contributed by atoms with Gasteiger partial charge >= 0.3 is 0 Å². The van der Waals surface area contributed by atoms with Crippen LogP contribution in [0, 0.1) is 0 Å². The highest BCUT2D eigenvalue weighted by Crippen LogP contribution is 2.39. The summed E-state index contributed by atoms with van der Waals surface area (Å²) in [5.74, 6) is 1.07. The molecule has 0 radical (unpaired) electrons. The van der Waals surface area contributed by atoms with E-state index in [1.54, 1.807) is 18.7 Å². The molecule has 1 N–H and O–H groups in total. The van der Waals surface area contributed by atoms with Crippen LogP contribution in [0.4, 0.5) is 0 Å². The van der Waals surface area contributed by atoms with Gasteiger partial charge in [-0.05, 0) is 12.5 Å². The molecule has 2 atom stereocenters. The number of rotatable bonds is 1. The third-order valence-electron chi connectivity index (χ3n) is 3.29. The molecule has 1 aromatic rings. The molecule has 1 fully saturated rings. The number of hydrogen-bond acceptors (Lipinski definition) is 4. The number of aliphatic hydroxyl groups is 1. The SMILES string of the molecule is CC1(O)CC(c2ccccc2)N2CCSC2=N1. The Morgan fingerprint density at radius 1 is 1.41 bits per heavy atom. The van der Waals surface area contributed by atoms with E-state index >= 15 is 0 Å². The molecule has 0 aliphatic carbocycles. The molecule has 0 spiro atoms. The Morgan fingerprint density at radius 3 is 2.94 bits per heavy atom. The van der Waals surface area contributed by atoms with Crippen LogP contribution in [0.2, 0.25) is 0 Å². The van der Waals surface area contributed by atoms with Crippen molar-refractivity contribution in [1.29, 1.82) is 0 Å². The number of hydrogen-bond donors (Lipinski definition) is 1. The van der Waals surface area contributed by atoms with Crippen molar-refractivity contribution in [2.45, 2.75) is 25.1 Å². The van der Waals surface area contributed by atoms with Gasteiger partial charge < -0.3 is 10.0 Å². The van der Waals surface area contributed by atoms with E-state index in [4.69, 9.17) is 0 Å². The van der Waals surface area contributed by atoms with E-state index in [1.165, 1.54) is 5.56 Å². The van der Waals surface area contributed by atoms with Gasteiger partial charge in [-0.25, -0.2) is 4.99 Å². The van der Waals surface area contributed by atoms with Gasteiger partial charge in [-0.3, -0.25) is 0 Å². The number of nitrogens with zero attached hydrogens (tertiary/aromatic N) is 2. The van der Waals surface area contributed by atoms with E-state index in [0.29, 0.717) is 6.42 Å². The molecule has 90 valence electrons. The Bertz CT molecular complexity index is 444. The minimum Gasteiger partial charge on any atom is -0.369 e. The predicted octanol–water partition coefficient (Wildman–Crippen LogP) is 2.24. The maximum absolute atomic E-state index is 10.2. The lowest BCUT2D eigenvalue weighted by Crippen LogP contribution is -2.41. The summed E-state index contributed by atoms with van der Waals surface area (Å²) in [7, 11) is 0. The molecule has 3 rings (SSSR count). The minimum atomic E-state index is -0.927. The third-order valence-corrected chi connectivity index (χ3v) is 4.26. The summed E-state index contributed by atoms with van der Waals surface area (Å²) >= 11 is 1.74. The van der Waals surface area contributed by atoms with Crippen LogP contribution < -0.4 is 0 Å². The van der Waals surface area contributed by atoms with E-state index in [0.717, 1.165) is 17.5 Å².